The molecule has 0 aromatic heterocycles. The average Bonchev–Trinajstić information content (AvgIpc) is 2.44. The second kappa shape index (κ2) is 10.4. The minimum absolute atomic E-state index is 0.118. The Morgan fingerprint density at radius 1 is 1.32 bits per heavy atom. The van der Waals surface area contributed by atoms with Crippen molar-refractivity contribution in [2.45, 2.75) is 19.1 Å². The van der Waals surface area contributed by atoms with Crippen LogP contribution in [0.5, 0.6) is 0 Å². The first-order valence-electron chi connectivity index (χ1n) is 7.31. The van der Waals surface area contributed by atoms with Gasteiger partial charge in [0.25, 0.3) is 0 Å². The number of hydrogen-bond donors (Lipinski definition) is 1. The Morgan fingerprint density at radius 3 is 2.68 bits per heavy atom. The van der Waals surface area contributed by atoms with Crippen molar-refractivity contribution in [3.05, 3.63) is 33.8 Å². The lowest BCUT2D eigenvalue weighted by Gasteiger charge is -2.17. The molecule has 0 spiro atoms. The highest BCUT2D eigenvalue weighted by molar-refractivity contribution is 7.98. The zero-order valence-electron chi connectivity index (χ0n) is 13.4. The maximum absolute atomic E-state index is 11.8. The molecule has 22 heavy (non-hydrogen) atoms. The molecule has 0 unspecified atom stereocenters. The van der Waals surface area contributed by atoms with Crippen molar-refractivity contribution in [2.75, 3.05) is 32.9 Å². The highest BCUT2D eigenvalue weighted by atomic mass is 35.5. The van der Waals surface area contributed by atoms with Gasteiger partial charge in [0.05, 0.1) is 10.0 Å². The quantitative estimate of drug-likeness (QED) is 0.675. The summed E-state index contributed by atoms with van der Waals surface area (Å²) in [6.45, 7) is 3.85. The first-order valence-corrected chi connectivity index (χ1v) is 9.22. The predicted octanol–water partition coefficient (Wildman–Crippen LogP) is 3.93. The Kier molecular flexibility index (Phi) is 9.25. The van der Waals surface area contributed by atoms with Crippen LogP contribution in [0.25, 0.3) is 0 Å². The largest absolute Gasteiger partial charge is 0.356 e. The Morgan fingerprint density at radius 2 is 2.05 bits per heavy atom. The normalized spacial score (nSPS) is 12.5. The molecule has 1 N–H and O–H groups in total. The van der Waals surface area contributed by atoms with Crippen LogP contribution in [0.15, 0.2) is 18.2 Å². The molecule has 1 aromatic carbocycles. The number of halogens is 2. The fourth-order valence-electron chi connectivity index (χ4n) is 2.05. The van der Waals surface area contributed by atoms with Gasteiger partial charge in [0, 0.05) is 31.0 Å². The third kappa shape index (κ3) is 8.28. The molecule has 0 fully saturated rings. The molecule has 0 aliphatic rings. The summed E-state index contributed by atoms with van der Waals surface area (Å²) in [6, 6.07) is 5.64. The highest BCUT2D eigenvalue weighted by Crippen LogP contribution is 2.24. The van der Waals surface area contributed by atoms with Crippen LogP contribution in [0.3, 0.4) is 0 Å². The SMILES string of the molecule is C[C@@H](CNC(=O)CCSCc1ccc(Cl)c(Cl)c1)CN(C)C. The summed E-state index contributed by atoms with van der Waals surface area (Å²) in [5, 5.41) is 4.13. The van der Waals surface area contributed by atoms with E-state index in [2.05, 4.69) is 17.1 Å². The molecular formula is C16H24Cl2N2OS. The molecule has 0 aliphatic heterocycles. The molecule has 0 heterocycles. The Hall–Kier alpha value is -0.420. The first kappa shape index (κ1) is 19.6. The number of carbonyl (C=O) groups excluding carboxylic acids is 1. The van der Waals surface area contributed by atoms with Crippen LogP contribution >= 0.6 is 35.0 Å². The van der Waals surface area contributed by atoms with E-state index in [0.717, 1.165) is 30.2 Å². The summed E-state index contributed by atoms with van der Waals surface area (Å²) >= 11 is 13.6. The van der Waals surface area contributed by atoms with E-state index in [-0.39, 0.29) is 5.91 Å². The van der Waals surface area contributed by atoms with Gasteiger partial charge in [-0.15, -0.1) is 0 Å². The molecular weight excluding hydrogens is 339 g/mol. The van der Waals surface area contributed by atoms with Crippen LogP contribution in [0.1, 0.15) is 18.9 Å². The van der Waals surface area contributed by atoms with Crippen molar-refractivity contribution in [2.24, 2.45) is 5.92 Å². The number of nitrogens with zero attached hydrogens (tertiary/aromatic N) is 1. The minimum atomic E-state index is 0.118. The summed E-state index contributed by atoms with van der Waals surface area (Å²) in [4.78, 5) is 13.9. The van der Waals surface area contributed by atoms with Crippen LogP contribution in [0.2, 0.25) is 10.0 Å². The summed E-state index contributed by atoms with van der Waals surface area (Å²) in [5.74, 6) is 2.21. The van der Waals surface area contributed by atoms with Crippen molar-refractivity contribution < 1.29 is 4.79 Å². The molecule has 0 aliphatic carbocycles. The van der Waals surface area contributed by atoms with Gasteiger partial charge in [0.2, 0.25) is 5.91 Å². The number of thioether (sulfide) groups is 1. The van der Waals surface area contributed by atoms with E-state index in [1.165, 1.54) is 0 Å². The van der Waals surface area contributed by atoms with Gasteiger partial charge in [-0.1, -0.05) is 36.2 Å². The molecule has 0 saturated heterocycles. The van der Waals surface area contributed by atoms with Gasteiger partial charge in [0.15, 0.2) is 0 Å². The number of amides is 1. The lowest BCUT2D eigenvalue weighted by Crippen LogP contribution is -2.32. The van der Waals surface area contributed by atoms with E-state index in [1.807, 2.05) is 26.2 Å². The lowest BCUT2D eigenvalue weighted by molar-refractivity contribution is -0.120. The van der Waals surface area contributed by atoms with E-state index in [9.17, 15) is 4.79 Å². The minimum Gasteiger partial charge on any atom is -0.356 e. The average molecular weight is 363 g/mol. The maximum Gasteiger partial charge on any atom is 0.220 e. The Bertz CT molecular complexity index is 483. The fraction of sp³-hybridized carbons (Fsp3) is 0.562. The molecule has 6 heteroatoms. The zero-order valence-corrected chi connectivity index (χ0v) is 15.7. The van der Waals surface area contributed by atoms with Gasteiger partial charge in [-0.05, 0) is 37.7 Å². The van der Waals surface area contributed by atoms with E-state index in [0.29, 0.717) is 22.4 Å². The lowest BCUT2D eigenvalue weighted by atomic mass is 10.1. The van der Waals surface area contributed by atoms with Gasteiger partial charge in [-0.2, -0.15) is 11.8 Å². The predicted molar refractivity (Wildman–Crippen MR) is 98.0 cm³/mol. The molecule has 0 bridgehead atoms. The number of nitrogens with one attached hydrogen (secondary N) is 1. The first-order chi connectivity index (χ1) is 10.4. The van der Waals surface area contributed by atoms with Crippen molar-refractivity contribution in [1.29, 1.82) is 0 Å². The second-order valence-electron chi connectivity index (χ2n) is 5.72. The molecule has 3 nitrogen and oxygen atoms in total. The third-order valence-electron chi connectivity index (χ3n) is 3.05. The number of carbonyl (C=O) groups is 1. The van der Waals surface area contributed by atoms with E-state index in [1.54, 1.807) is 17.8 Å². The molecule has 1 aromatic rings. The molecule has 124 valence electrons. The van der Waals surface area contributed by atoms with Crippen molar-refractivity contribution in [3.63, 3.8) is 0 Å². The van der Waals surface area contributed by atoms with Crippen molar-refractivity contribution in [1.82, 2.24) is 10.2 Å². The fourth-order valence-corrected chi connectivity index (χ4v) is 3.26. The van der Waals surface area contributed by atoms with E-state index in [4.69, 9.17) is 23.2 Å². The highest BCUT2D eigenvalue weighted by Gasteiger charge is 2.07. The molecule has 0 radical (unpaired) electrons. The monoisotopic (exact) mass is 362 g/mol. The standard InChI is InChI=1S/C16H24Cl2N2OS/c1-12(10-20(2)3)9-19-16(21)6-7-22-11-13-4-5-14(17)15(18)8-13/h4-5,8,12H,6-7,9-11H2,1-3H3,(H,19,21)/t12-/m0/s1. The molecule has 1 rings (SSSR count). The van der Waals surface area contributed by atoms with Crippen molar-refractivity contribution >= 4 is 40.9 Å². The van der Waals surface area contributed by atoms with Crippen molar-refractivity contribution in [3.8, 4) is 0 Å². The van der Waals surface area contributed by atoms with Crippen LogP contribution in [0, 0.1) is 5.92 Å². The zero-order chi connectivity index (χ0) is 16.5. The maximum atomic E-state index is 11.8. The van der Waals surface area contributed by atoms with Gasteiger partial charge in [0.1, 0.15) is 0 Å². The second-order valence-corrected chi connectivity index (χ2v) is 7.64. The molecule has 0 saturated carbocycles. The third-order valence-corrected chi connectivity index (χ3v) is 4.82. The van der Waals surface area contributed by atoms with Crippen LogP contribution in [-0.4, -0.2) is 43.7 Å². The topological polar surface area (TPSA) is 32.3 Å². The molecule has 1 amide bonds. The summed E-state index contributed by atoms with van der Waals surface area (Å²) < 4.78 is 0. The van der Waals surface area contributed by atoms with Crippen LogP contribution in [-0.2, 0) is 10.5 Å². The number of hydrogen-bond acceptors (Lipinski definition) is 3. The van der Waals surface area contributed by atoms with Gasteiger partial charge in [-0.25, -0.2) is 0 Å². The molecule has 1 atom stereocenters. The van der Waals surface area contributed by atoms with E-state index < -0.39 is 0 Å². The van der Waals surface area contributed by atoms with Crippen LogP contribution < -0.4 is 5.32 Å². The van der Waals surface area contributed by atoms with E-state index >= 15 is 0 Å². The van der Waals surface area contributed by atoms with Gasteiger partial charge in [-0.3, -0.25) is 4.79 Å². The Labute approximate surface area is 147 Å². The van der Waals surface area contributed by atoms with Crippen LogP contribution in [0.4, 0.5) is 0 Å². The van der Waals surface area contributed by atoms with Gasteiger partial charge >= 0.3 is 0 Å². The smallest absolute Gasteiger partial charge is 0.220 e. The Balaban J connectivity index is 2.16. The summed E-state index contributed by atoms with van der Waals surface area (Å²) in [6.07, 6.45) is 0.542. The number of benzene rings is 1. The van der Waals surface area contributed by atoms with Gasteiger partial charge < -0.3 is 10.2 Å². The number of rotatable bonds is 9. The summed E-state index contributed by atoms with van der Waals surface area (Å²) in [5.41, 5.74) is 1.12. The summed E-state index contributed by atoms with van der Waals surface area (Å²) in [7, 11) is 4.08.